The van der Waals surface area contributed by atoms with Gasteiger partial charge in [0.1, 0.15) is 5.37 Å². The fourth-order valence-corrected chi connectivity index (χ4v) is 5.06. The van der Waals surface area contributed by atoms with E-state index in [2.05, 4.69) is 46.8 Å². The molecule has 3 nitrogen and oxygen atoms in total. The first kappa shape index (κ1) is 15.4. The Balaban J connectivity index is 2.01. The van der Waals surface area contributed by atoms with Crippen LogP contribution in [0.25, 0.3) is 0 Å². The second kappa shape index (κ2) is 7.11. The Kier molecular flexibility index (Phi) is 5.74. The molecule has 0 spiro atoms. The lowest BCUT2D eigenvalue weighted by Crippen LogP contribution is -2.37. The smallest absolute Gasteiger partial charge is 0.233 e. The lowest BCUT2D eigenvalue weighted by molar-refractivity contribution is -0.128. The molecule has 106 valence electrons. The quantitative estimate of drug-likeness (QED) is 0.774. The molecule has 1 amide bonds. The molecular weight excluding hydrogens is 344 g/mol. The molecular formula is C13H19BrN2OS2. The van der Waals surface area contributed by atoms with Gasteiger partial charge in [-0.2, -0.15) is 0 Å². The second-order valence-electron chi connectivity index (χ2n) is 4.42. The van der Waals surface area contributed by atoms with Crippen molar-refractivity contribution in [3.8, 4) is 0 Å². The van der Waals surface area contributed by atoms with Crippen LogP contribution in [0, 0.1) is 0 Å². The Morgan fingerprint density at radius 3 is 2.74 bits per heavy atom. The lowest BCUT2D eigenvalue weighted by atomic mass is 10.3. The molecule has 0 saturated carbocycles. The van der Waals surface area contributed by atoms with E-state index in [-0.39, 0.29) is 11.3 Å². The predicted molar refractivity (Wildman–Crippen MR) is 86.7 cm³/mol. The van der Waals surface area contributed by atoms with Crippen molar-refractivity contribution in [3.05, 3.63) is 20.8 Å². The van der Waals surface area contributed by atoms with Crippen molar-refractivity contribution in [2.24, 2.45) is 0 Å². The van der Waals surface area contributed by atoms with Crippen LogP contribution in [0.15, 0.2) is 15.9 Å². The first-order chi connectivity index (χ1) is 9.15. The van der Waals surface area contributed by atoms with Gasteiger partial charge in [0.25, 0.3) is 0 Å². The van der Waals surface area contributed by atoms with Gasteiger partial charge in [-0.3, -0.25) is 4.79 Å². The first-order valence-corrected chi connectivity index (χ1v) is 9.20. The summed E-state index contributed by atoms with van der Waals surface area (Å²) in [6.07, 6.45) is 0. The van der Waals surface area contributed by atoms with Crippen molar-refractivity contribution in [1.29, 1.82) is 0 Å². The van der Waals surface area contributed by atoms with Gasteiger partial charge in [0, 0.05) is 18.0 Å². The van der Waals surface area contributed by atoms with E-state index in [1.54, 1.807) is 23.1 Å². The highest BCUT2D eigenvalue weighted by molar-refractivity contribution is 9.11. The van der Waals surface area contributed by atoms with E-state index >= 15 is 0 Å². The largest absolute Gasteiger partial charge is 0.324 e. The van der Waals surface area contributed by atoms with Crippen molar-refractivity contribution < 1.29 is 4.79 Å². The van der Waals surface area contributed by atoms with Crippen LogP contribution in [0.1, 0.15) is 24.1 Å². The number of likely N-dealkylation sites (N-methyl/N-ethyl adjacent to an activating group) is 1. The lowest BCUT2D eigenvalue weighted by Gasteiger charge is -2.26. The Bertz CT molecular complexity index is 434. The summed E-state index contributed by atoms with van der Waals surface area (Å²) in [5, 5.41) is 0.208. The summed E-state index contributed by atoms with van der Waals surface area (Å²) in [5.41, 5.74) is 0. The van der Waals surface area contributed by atoms with E-state index in [0.717, 1.165) is 30.0 Å². The molecule has 0 aliphatic carbocycles. The van der Waals surface area contributed by atoms with Crippen molar-refractivity contribution in [2.45, 2.75) is 19.2 Å². The zero-order valence-electron chi connectivity index (χ0n) is 11.3. The first-order valence-electron chi connectivity index (χ1n) is 6.54. The molecule has 1 aromatic heterocycles. The molecule has 19 heavy (non-hydrogen) atoms. The third-order valence-electron chi connectivity index (χ3n) is 3.36. The molecule has 0 N–H and O–H groups in total. The van der Waals surface area contributed by atoms with Gasteiger partial charge in [-0.05, 0) is 41.2 Å². The van der Waals surface area contributed by atoms with E-state index in [1.165, 1.54) is 4.88 Å². The number of amides is 1. The number of thioether (sulfide) groups is 1. The van der Waals surface area contributed by atoms with Crippen LogP contribution in [0.2, 0.25) is 0 Å². The van der Waals surface area contributed by atoms with Gasteiger partial charge in [-0.15, -0.1) is 23.1 Å². The number of hydrogen-bond donors (Lipinski definition) is 0. The van der Waals surface area contributed by atoms with E-state index in [1.807, 2.05) is 4.90 Å². The Labute approximate surface area is 131 Å². The fraction of sp³-hybridized carbons (Fsp3) is 0.615. The number of rotatable bonds is 6. The molecule has 1 unspecified atom stereocenters. The topological polar surface area (TPSA) is 23.6 Å². The molecule has 1 fully saturated rings. The molecule has 1 saturated heterocycles. The highest BCUT2D eigenvalue weighted by Crippen LogP contribution is 2.42. The summed E-state index contributed by atoms with van der Waals surface area (Å²) in [7, 11) is 0. The van der Waals surface area contributed by atoms with Crippen LogP contribution in [0.5, 0.6) is 0 Å². The van der Waals surface area contributed by atoms with Gasteiger partial charge in [-0.1, -0.05) is 13.8 Å². The number of thiophene rings is 1. The molecule has 1 atom stereocenters. The second-order valence-corrected chi connectivity index (χ2v) is 7.98. The van der Waals surface area contributed by atoms with E-state index in [9.17, 15) is 4.79 Å². The van der Waals surface area contributed by atoms with Gasteiger partial charge >= 0.3 is 0 Å². The highest BCUT2D eigenvalue weighted by atomic mass is 79.9. The van der Waals surface area contributed by atoms with Gasteiger partial charge in [0.05, 0.1) is 9.54 Å². The van der Waals surface area contributed by atoms with Crippen LogP contribution in [0.3, 0.4) is 0 Å². The Morgan fingerprint density at radius 2 is 2.16 bits per heavy atom. The van der Waals surface area contributed by atoms with Gasteiger partial charge in [0.15, 0.2) is 0 Å². The molecule has 0 aromatic carbocycles. The van der Waals surface area contributed by atoms with Gasteiger partial charge in [-0.25, -0.2) is 0 Å². The van der Waals surface area contributed by atoms with Crippen molar-refractivity contribution >= 4 is 44.9 Å². The number of carbonyl (C=O) groups excluding carboxylic acids is 1. The Morgan fingerprint density at radius 1 is 1.42 bits per heavy atom. The summed E-state index contributed by atoms with van der Waals surface area (Å²) in [5.74, 6) is 0.880. The minimum absolute atomic E-state index is 0.208. The SMILES string of the molecule is CCN(CC)CCN1C(=O)CSC1c1ccc(Br)s1. The maximum absolute atomic E-state index is 12.0. The summed E-state index contributed by atoms with van der Waals surface area (Å²) in [6.45, 7) is 8.20. The standard InChI is InChI=1S/C13H19BrN2OS2/c1-3-15(4-2)7-8-16-12(17)9-18-13(16)10-5-6-11(14)19-10/h5-6,13H,3-4,7-9H2,1-2H3. The summed E-state index contributed by atoms with van der Waals surface area (Å²) in [4.78, 5) is 17.7. The molecule has 1 aliphatic heterocycles. The fourth-order valence-electron chi connectivity index (χ4n) is 2.18. The zero-order valence-corrected chi connectivity index (χ0v) is 14.5. The maximum Gasteiger partial charge on any atom is 0.233 e. The number of nitrogens with zero attached hydrogens (tertiary/aromatic N) is 2. The van der Waals surface area contributed by atoms with Crippen LogP contribution in [-0.2, 0) is 4.79 Å². The van der Waals surface area contributed by atoms with E-state index < -0.39 is 0 Å². The molecule has 1 aromatic rings. The Hall–Kier alpha value is -0.0400. The van der Waals surface area contributed by atoms with E-state index in [4.69, 9.17) is 0 Å². The van der Waals surface area contributed by atoms with Crippen molar-refractivity contribution in [1.82, 2.24) is 9.80 Å². The minimum atomic E-state index is 0.208. The summed E-state index contributed by atoms with van der Waals surface area (Å²) >= 11 is 6.96. The number of halogens is 1. The molecule has 1 aliphatic rings. The average molecular weight is 363 g/mol. The van der Waals surface area contributed by atoms with Crippen molar-refractivity contribution in [2.75, 3.05) is 31.9 Å². The van der Waals surface area contributed by atoms with E-state index in [0.29, 0.717) is 5.75 Å². The zero-order chi connectivity index (χ0) is 13.8. The summed E-state index contributed by atoms with van der Waals surface area (Å²) in [6, 6.07) is 4.18. The van der Waals surface area contributed by atoms with Crippen LogP contribution in [-0.4, -0.2) is 47.6 Å². The third-order valence-corrected chi connectivity index (χ3v) is 6.42. The summed E-state index contributed by atoms with van der Waals surface area (Å²) < 4.78 is 1.13. The predicted octanol–water partition coefficient (Wildman–Crippen LogP) is 3.43. The molecule has 2 heterocycles. The minimum Gasteiger partial charge on any atom is -0.324 e. The highest BCUT2D eigenvalue weighted by Gasteiger charge is 2.33. The molecule has 0 bridgehead atoms. The normalized spacial score (nSPS) is 19.7. The monoisotopic (exact) mass is 362 g/mol. The maximum atomic E-state index is 12.0. The van der Waals surface area contributed by atoms with Gasteiger partial charge in [0.2, 0.25) is 5.91 Å². The molecule has 6 heteroatoms. The number of carbonyl (C=O) groups is 1. The van der Waals surface area contributed by atoms with Crippen LogP contribution >= 0.6 is 39.0 Å². The molecule has 0 radical (unpaired) electrons. The van der Waals surface area contributed by atoms with Crippen LogP contribution in [0.4, 0.5) is 0 Å². The molecule has 2 rings (SSSR count). The van der Waals surface area contributed by atoms with Gasteiger partial charge < -0.3 is 9.80 Å². The average Bonchev–Trinajstić information content (AvgIpc) is 2.98. The third kappa shape index (κ3) is 3.74. The van der Waals surface area contributed by atoms with Crippen molar-refractivity contribution in [3.63, 3.8) is 0 Å². The number of hydrogen-bond acceptors (Lipinski definition) is 4. The van der Waals surface area contributed by atoms with Crippen LogP contribution < -0.4 is 0 Å².